The second-order valence-electron chi connectivity index (χ2n) is 10.8. The predicted molar refractivity (Wildman–Crippen MR) is 164 cm³/mol. The van der Waals surface area contributed by atoms with Crippen LogP contribution >= 0.6 is 0 Å². The van der Waals surface area contributed by atoms with Gasteiger partial charge < -0.3 is 4.74 Å². The molecule has 0 bridgehead atoms. The summed E-state index contributed by atoms with van der Waals surface area (Å²) in [5, 5.41) is 4.47. The van der Waals surface area contributed by atoms with Crippen molar-refractivity contribution in [3.8, 4) is 29.1 Å². The summed E-state index contributed by atoms with van der Waals surface area (Å²) < 4.78 is 6.02. The van der Waals surface area contributed by atoms with E-state index in [0.717, 1.165) is 62.9 Å². The Morgan fingerprint density at radius 2 is 1.37 bits per heavy atom. The molecule has 0 amide bonds. The van der Waals surface area contributed by atoms with Gasteiger partial charge in [0.2, 0.25) is 0 Å². The highest BCUT2D eigenvalue weighted by Gasteiger charge is 2.13. The molecule has 0 N–H and O–H groups in total. The SMILES string of the molecule is CCCCCCOc1cc(C#Cc2c3ccccc3c(C#C[Si](C)(C)C)c3ccccc23)c(C)cc1C=O. The maximum Gasteiger partial charge on any atom is 0.153 e. The number of rotatable bonds is 7. The van der Waals surface area contributed by atoms with Crippen molar-refractivity contribution in [1.29, 1.82) is 0 Å². The Bertz CT molecular complexity index is 1540. The third-order valence-electron chi connectivity index (χ3n) is 6.56. The Morgan fingerprint density at radius 3 is 1.89 bits per heavy atom. The molecule has 4 aromatic carbocycles. The number of aryl methyl sites for hydroxylation is 1. The molecule has 3 heteroatoms. The maximum absolute atomic E-state index is 11.7. The zero-order valence-electron chi connectivity index (χ0n) is 23.2. The van der Waals surface area contributed by atoms with Crippen LogP contribution in [-0.2, 0) is 0 Å². The summed E-state index contributed by atoms with van der Waals surface area (Å²) in [5.74, 6) is 11.1. The quantitative estimate of drug-likeness (QED) is 0.0807. The molecule has 0 spiro atoms. The highest BCUT2D eigenvalue weighted by atomic mass is 28.3. The fraction of sp³-hybridized carbons (Fsp3) is 0.286. The lowest BCUT2D eigenvalue weighted by Gasteiger charge is -2.12. The summed E-state index contributed by atoms with van der Waals surface area (Å²) in [6, 6.07) is 20.6. The van der Waals surface area contributed by atoms with Gasteiger partial charge in [-0.05, 0) is 52.6 Å². The third kappa shape index (κ3) is 6.36. The summed E-state index contributed by atoms with van der Waals surface area (Å²) in [4.78, 5) is 11.7. The summed E-state index contributed by atoms with van der Waals surface area (Å²) in [6.45, 7) is 11.6. The lowest BCUT2D eigenvalue weighted by molar-refractivity contribution is 0.111. The zero-order valence-corrected chi connectivity index (χ0v) is 24.2. The van der Waals surface area contributed by atoms with E-state index in [0.29, 0.717) is 17.9 Å². The van der Waals surface area contributed by atoms with Crippen LogP contribution in [0.5, 0.6) is 5.75 Å². The second-order valence-corrected chi connectivity index (χ2v) is 15.6. The molecule has 0 aliphatic heterocycles. The molecule has 0 aliphatic rings. The average Bonchev–Trinajstić information content (AvgIpc) is 2.90. The molecule has 0 heterocycles. The number of fused-ring (bicyclic) bond motifs is 2. The zero-order chi connectivity index (χ0) is 27.1. The summed E-state index contributed by atoms with van der Waals surface area (Å²) in [5.41, 5.74) is 8.04. The van der Waals surface area contributed by atoms with Crippen molar-refractivity contribution in [1.82, 2.24) is 0 Å². The first kappa shape index (κ1) is 27.2. The van der Waals surface area contributed by atoms with E-state index >= 15 is 0 Å². The number of hydrogen-bond acceptors (Lipinski definition) is 2. The van der Waals surface area contributed by atoms with Crippen molar-refractivity contribution in [2.75, 3.05) is 6.61 Å². The summed E-state index contributed by atoms with van der Waals surface area (Å²) in [7, 11) is -1.55. The molecule has 4 aromatic rings. The molecular formula is C35H36O2Si. The second kappa shape index (κ2) is 12.2. The number of carbonyl (C=O) groups excluding carboxylic acids is 1. The minimum Gasteiger partial charge on any atom is -0.493 e. The Morgan fingerprint density at radius 1 is 0.789 bits per heavy atom. The van der Waals surface area contributed by atoms with Gasteiger partial charge in [-0.1, -0.05) is 112 Å². The molecule has 0 unspecified atom stereocenters. The fourth-order valence-corrected chi connectivity index (χ4v) is 5.05. The lowest BCUT2D eigenvalue weighted by atomic mass is 9.92. The van der Waals surface area contributed by atoms with Crippen molar-refractivity contribution in [3.05, 3.63) is 88.5 Å². The van der Waals surface area contributed by atoms with Gasteiger partial charge in [0.15, 0.2) is 6.29 Å². The van der Waals surface area contributed by atoms with E-state index in [1.54, 1.807) is 0 Å². The van der Waals surface area contributed by atoms with E-state index in [-0.39, 0.29) is 0 Å². The van der Waals surface area contributed by atoms with E-state index in [1.165, 1.54) is 12.8 Å². The molecule has 2 nitrogen and oxygen atoms in total. The smallest absolute Gasteiger partial charge is 0.153 e. The summed E-state index contributed by atoms with van der Waals surface area (Å²) >= 11 is 0. The van der Waals surface area contributed by atoms with Crippen LogP contribution in [0.2, 0.25) is 19.6 Å². The minimum absolute atomic E-state index is 0.574. The van der Waals surface area contributed by atoms with Crippen LogP contribution in [0.4, 0.5) is 0 Å². The first-order valence-corrected chi connectivity index (χ1v) is 17.0. The molecular weight excluding hydrogens is 480 g/mol. The number of benzene rings is 4. The molecule has 38 heavy (non-hydrogen) atoms. The largest absolute Gasteiger partial charge is 0.493 e. The van der Waals surface area contributed by atoms with Gasteiger partial charge >= 0.3 is 0 Å². The Labute approximate surface area is 228 Å². The monoisotopic (exact) mass is 516 g/mol. The number of aldehydes is 1. The lowest BCUT2D eigenvalue weighted by Crippen LogP contribution is -2.16. The maximum atomic E-state index is 11.7. The molecule has 0 aromatic heterocycles. The first-order valence-electron chi connectivity index (χ1n) is 13.5. The van der Waals surface area contributed by atoms with Crippen LogP contribution in [0.15, 0.2) is 60.7 Å². The third-order valence-corrected chi connectivity index (χ3v) is 7.43. The van der Waals surface area contributed by atoms with Gasteiger partial charge in [0.1, 0.15) is 13.8 Å². The number of ether oxygens (including phenoxy) is 1. The Balaban J connectivity index is 1.83. The van der Waals surface area contributed by atoms with E-state index in [1.807, 2.05) is 19.1 Å². The van der Waals surface area contributed by atoms with Crippen LogP contribution < -0.4 is 4.74 Å². The van der Waals surface area contributed by atoms with Crippen molar-refractivity contribution < 1.29 is 9.53 Å². The molecule has 0 aliphatic carbocycles. The molecule has 192 valence electrons. The van der Waals surface area contributed by atoms with Crippen LogP contribution in [0.3, 0.4) is 0 Å². The molecule has 4 rings (SSSR count). The van der Waals surface area contributed by atoms with Crippen LogP contribution in [0.1, 0.15) is 65.2 Å². The average molecular weight is 517 g/mol. The van der Waals surface area contributed by atoms with Gasteiger partial charge in [-0.25, -0.2) is 0 Å². The number of hydrogen-bond donors (Lipinski definition) is 0. The first-order chi connectivity index (χ1) is 18.3. The predicted octanol–water partition coefficient (Wildman–Crippen LogP) is 8.70. The van der Waals surface area contributed by atoms with Gasteiger partial charge in [-0.2, -0.15) is 0 Å². The van der Waals surface area contributed by atoms with Gasteiger partial charge in [-0.15, -0.1) is 5.54 Å². The van der Waals surface area contributed by atoms with Crippen LogP contribution in [0.25, 0.3) is 21.5 Å². The molecule has 0 fully saturated rings. The fourth-order valence-electron chi connectivity index (χ4n) is 4.55. The number of carbonyl (C=O) groups is 1. The molecule has 0 saturated heterocycles. The Kier molecular flexibility index (Phi) is 8.72. The van der Waals surface area contributed by atoms with Gasteiger partial charge in [-0.3, -0.25) is 4.79 Å². The van der Waals surface area contributed by atoms with E-state index in [9.17, 15) is 4.79 Å². The van der Waals surface area contributed by atoms with E-state index < -0.39 is 8.07 Å². The number of unbranched alkanes of at least 4 members (excludes halogenated alkanes) is 3. The van der Waals surface area contributed by atoms with Gasteiger partial charge in [0.05, 0.1) is 12.2 Å². The highest BCUT2D eigenvalue weighted by molar-refractivity contribution is 6.83. The normalized spacial score (nSPS) is 11.0. The van der Waals surface area contributed by atoms with Crippen molar-refractivity contribution >= 4 is 35.9 Å². The van der Waals surface area contributed by atoms with Gasteiger partial charge in [0, 0.05) is 16.7 Å². The standard InChI is InChI=1S/C35H36O2Si/c1-6-7-8-13-21-37-35-24-27(26(2)23-28(35)25-36)18-19-33-29-14-9-11-16-31(29)34(20-22-38(3,4)5)32-17-12-10-15-30(32)33/h9-12,14-17,23-25H,6-8,13,21H2,1-5H3. The van der Waals surface area contributed by atoms with Crippen LogP contribution in [-0.4, -0.2) is 21.0 Å². The van der Waals surface area contributed by atoms with Crippen LogP contribution in [0, 0.1) is 30.2 Å². The van der Waals surface area contributed by atoms with E-state index in [4.69, 9.17) is 4.74 Å². The van der Waals surface area contributed by atoms with E-state index in [2.05, 4.69) is 98.4 Å². The van der Waals surface area contributed by atoms with Crippen molar-refractivity contribution in [2.24, 2.45) is 0 Å². The van der Waals surface area contributed by atoms with Gasteiger partial charge in [0.25, 0.3) is 0 Å². The highest BCUT2D eigenvalue weighted by Crippen LogP contribution is 2.32. The van der Waals surface area contributed by atoms with Crippen molar-refractivity contribution in [2.45, 2.75) is 59.2 Å². The minimum atomic E-state index is -1.55. The molecule has 0 radical (unpaired) electrons. The topological polar surface area (TPSA) is 26.3 Å². The summed E-state index contributed by atoms with van der Waals surface area (Å²) in [6.07, 6.45) is 5.35. The Hall–Kier alpha value is -3.79. The molecule has 0 saturated carbocycles. The van der Waals surface area contributed by atoms with Crippen molar-refractivity contribution in [3.63, 3.8) is 0 Å². The molecule has 0 atom stereocenters.